The molecule has 0 fully saturated rings. The van der Waals surface area contributed by atoms with Crippen molar-refractivity contribution in [1.29, 1.82) is 5.26 Å². The van der Waals surface area contributed by atoms with Crippen molar-refractivity contribution in [3.8, 4) is 17.6 Å². The summed E-state index contributed by atoms with van der Waals surface area (Å²) < 4.78 is 11.5. The first-order valence-electron chi connectivity index (χ1n) is 10.5. The maximum Gasteiger partial charge on any atom is 0.266 e. The molecule has 0 saturated carbocycles. The van der Waals surface area contributed by atoms with Crippen molar-refractivity contribution < 1.29 is 14.3 Å². The van der Waals surface area contributed by atoms with E-state index in [9.17, 15) is 10.1 Å². The number of ether oxygens (including phenoxy) is 2. The molecule has 1 N–H and O–H groups in total. The van der Waals surface area contributed by atoms with Crippen molar-refractivity contribution in [1.82, 2.24) is 0 Å². The Morgan fingerprint density at radius 3 is 2.47 bits per heavy atom. The van der Waals surface area contributed by atoms with Crippen LogP contribution in [0.5, 0.6) is 11.5 Å². The summed E-state index contributed by atoms with van der Waals surface area (Å²) in [6.07, 6.45) is 1.46. The van der Waals surface area contributed by atoms with E-state index in [0.29, 0.717) is 34.4 Å². The van der Waals surface area contributed by atoms with Crippen molar-refractivity contribution in [3.05, 3.63) is 107 Å². The van der Waals surface area contributed by atoms with E-state index in [1.165, 1.54) is 13.2 Å². The first kappa shape index (κ1) is 22.9. The van der Waals surface area contributed by atoms with E-state index in [1.807, 2.05) is 42.5 Å². The van der Waals surface area contributed by atoms with Crippen LogP contribution in [0.25, 0.3) is 16.8 Å². The quantitative estimate of drug-likeness (QED) is 0.244. The molecule has 0 radical (unpaired) electrons. The molecular formula is C28H21ClN2O3. The van der Waals surface area contributed by atoms with E-state index in [-0.39, 0.29) is 5.57 Å². The van der Waals surface area contributed by atoms with E-state index >= 15 is 0 Å². The fourth-order valence-corrected chi connectivity index (χ4v) is 3.76. The van der Waals surface area contributed by atoms with Crippen molar-refractivity contribution in [2.45, 2.75) is 6.61 Å². The smallest absolute Gasteiger partial charge is 0.266 e. The highest BCUT2D eigenvalue weighted by Gasteiger charge is 2.15. The Morgan fingerprint density at radius 1 is 1.00 bits per heavy atom. The highest BCUT2D eigenvalue weighted by Crippen LogP contribution is 2.37. The first-order valence-corrected chi connectivity index (χ1v) is 10.9. The molecule has 0 saturated heterocycles. The Bertz CT molecular complexity index is 1410. The van der Waals surface area contributed by atoms with E-state index in [4.69, 9.17) is 21.1 Å². The van der Waals surface area contributed by atoms with Crippen molar-refractivity contribution in [3.63, 3.8) is 0 Å². The number of carbonyl (C=O) groups is 1. The molecule has 5 nitrogen and oxygen atoms in total. The second-order valence-corrected chi connectivity index (χ2v) is 7.90. The van der Waals surface area contributed by atoms with Crippen LogP contribution in [0.4, 0.5) is 5.69 Å². The van der Waals surface area contributed by atoms with E-state index in [2.05, 4.69) is 17.4 Å². The normalized spacial score (nSPS) is 11.0. The minimum Gasteiger partial charge on any atom is -0.493 e. The van der Waals surface area contributed by atoms with E-state index in [0.717, 1.165) is 16.3 Å². The molecule has 0 aliphatic carbocycles. The number of nitrogens with one attached hydrogen (secondary N) is 1. The summed E-state index contributed by atoms with van der Waals surface area (Å²) in [5.41, 5.74) is 2.07. The van der Waals surface area contributed by atoms with Gasteiger partial charge >= 0.3 is 0 Å². The molecule has 0 aliphatic heterocycles. The number of nitriles is 1. The van der Waals surface area contributed by atoms with Gasteiger partial charge in [0.25, 0.3) is 5.91 Å². The monoisotopic (exact) mass is 468 g/mol. The Labute approximate surface area is 202 Å². The maximum atomic E-state index is 12.5. The standard InChI is InChI=1S/C28H21ClN2O3/c1-33-26-16-20(14-23(17-30)28(32)31-24-9-3-2-4-10-24)15-25(29)27(26)34-18-19-11-12-21-7-5-6-8-22(21)13-19/h2-16H,18H2,1H3,(H,31,32)/b23-14-. The van der Waals surface area contributed by atoms with Crippen LogP contribution in [0.15, 0.2) is 90.5 Å². The van der Waals surface area contributed by atoms with Gasteiger partial charge in [0.1, 0.15) is 18.2 Å². The third-order valence-electron chi connectivity index (χ3n) is 5.16. The van der Waals surface area contributed by atoms with E-state index < -0.39 is 5.91 Å². The zero-order valence-electron chi connectivity index (χ0n) is 18.4. The summed E-state index contributed by atoms with van der Waals surface area (Å²) in [6, 6.07) is 28.4. The van der Waals surface area contributed by atoms with Crippen molar-refractivity contribution >= 4 is 40.0 Å². The molecule has 34 heavy (non-hydrogen) atoms. The Hall–Kier alpha value is -4.27. The molecule has 0 atom stereocenters. The SMILES string of the molecule is COc1cc(/C=C(/C#N)C(=O)Nc2ccccc2)cc(Cl)c1OCc1ccc2ccccc2c1. The molecule has 6 heteroatoms. The van der Waals surface area contributed by atoms with Crippen LogP contribution in [0.1, 0.15) is 11.1 Å². The van der Waals surface area contributed by atoms with Gasteiger partial charge in [0.2, 0.25) is 0 Å². The predicted octanol–water partition coefficient (Wildman–Crippen LogP) is 6.63. The summed E-state index contributed by atoms with van der Waals surface area (Å²) in [5, 5.41) is 14.8. The summed E-state index contributed by atoms with van der Waals surface area (Å²) in [5.74, 6) is 0.280. The molecule has 0 unspecified atom stereocenters. The van der Waals surface area contributed by atoms with Gasteiger partial charge in [0.05, 0.1) is 12.1 Å². The summed E-state index contributed by atoms with van der Waals surface area (Å²) in [4.78, 5) is 12.5. The molecule has 4 aromatic rings. The number of halogens is 1. The Morgan fingerprint density at radius 2 is 1.74 bits per heavy atom. The zero-order chi connectivity index (χ0) is 23.9. The fraction of sp³-hybridized carbons (Fsp3) is 0.0714. The van der Waals surface area contributed by atoms with Crippen LogP contribution in [0.3, 0.4) is 0 Å². The average Bonchev–Trinajstić information content (AvgIpc) is 2.86. The molecule has 4 aromatic carbocycles. The number of benzene rings is 4. The molecule has 1 amide bonds. The molecule has 168 valence electrons. The van der Waals surface area contributed by atoms with Crippen LogP contribution in [-0.4, -0.2) is 13.0 Å². The second-order valence-electron chi connectivity index (χ2n) is 7.49. The summed E-state index contributed by atoms with van der Waals surface area (Å²) >= 11 is 6.49. The molecular weight excluding hydrogens is 448 g/mol. The lowest BCUT2D eigenvalue weighted by Gasteiger charge is -2.14. The van der Waals surface area contributed by atoms with Gasteiger partial charge in [-0.05, 0) is 58.3 Å². The third-order valence-corrected chi connectivity index (χ3v) is 5.44. The molecule has 0 aliphatic rings. The number of methoxy groups -OCH3 is 1. The van der Waals surface area contributed by atoms with Crippen LogP contribution < -0.4 is 14.8 Å². The van der Waals surface area contributed by atoms with Crippen molar-refractivity contribution in [2.24, 2.45) is 0 Å². The minimum atomic E-state index is -0.514. The van der Waals surface area contributed by atoms with Gasteiger partial charge in [-0.15, -0.1) is 0 Å². The third kappa shape index (κ3) is 5.37. The van der Waals surface area contributed by atoms with Crippen molar-refractivity contribution in [2.75, 3.05) is 12.4 Å². The summed E-state index contributed by atoms with van der Waals surface area (Å²) in [7, 11) is 1.51. The Kier molecular flexibility index (Phi) is 7.12. The number of carbonyl (C=O) groups excluding carboxylic acids is 1. The van der Waals surface area contributed by atoms with E-state index in [1.54, 1.807) is 36.4 Å². The van der Waals surface area contributed by atoms with Gasteiger partial charge < -0.3 is 14.8 Å². The highest BCUT2D eigenvalue weighted by atomic mass is 35.5. The molecule has 4 rings (SSSR count). The number of hydrogen-bond donors (Lipinski definition) is 1. The number of hydrogen-bond acceptors (Lipinski definition) is 4. The lowest BCUT2D eigenvalue weighted by molar-refractivity contribution is -0.112. The van der Waals surface area contributed by atoms with Crippen LogP contribution in [-0.2, 0) is 11.4 Å². The van der Waals surface area contributed by atoms with Gasteiger partial charge in [-0.3, -0.25) is 4.79 Å². The predicted molar refractivity (Wildman–Crippen MR) is 135 cm³/mol. The summed E-state index contributed by atoms with van der Waals surface area (Å²) in [6.45, 7) is 0.305. The molecule has 0 bridgehead atoms. The van der Waals surface area contributed by atoms with Crippen LogP contribution >= 0.6 is 11.6 Å². The average molecular weight is 469 g/mol. The van der Waals surface area contributed by atoms with Gasteiger partial charge in [-0.1, -0.05) is 66.2 Å². The lowest BCUT2D eigenvalue weighted by atomic mass is 10.1. The van der Waals surface area contributed by atoms with Crippen LogP contribution in [0.2, 0.25) is 5.02 Å². The largest absolute Gasteiger partial charge is 0.493 e. The minimum absolute atomic E-state index is 0.0631. The number of para-hydroxylation sites is 1. The molecule has 0 aromatic heterocycles. The molecule has 0 spiro atoms. The first-order chi connectivity index (χ1) is 16.6. The molecule has 0 heterocycles. The Balaban J connectivity index is 1.54. The maximum absolute atomic E-state index is 12.5. The number of anilines is 1. The highest BCUT2D eigenvalue weighted by molar-refractivity contribution is 6.32. The van der Waals surface area contributed by atoms with Crippen LogP contribution in [0, 0.1) is 11.3 Å². The number of fused-ring (bicyclic) bond motifs is 1. The number of amides is 1. The topological polar surface area (TPSA) is 71.3 Å². The van der Waals surface area contributed by atoms with Gasteiger partial charge in [-0.25, -0.2) is 0 Å². The zero-order valence-corrected chi connectivity index (χ0v) is 19.2. The van der Waals surface area contributed by atoms with Gasteiger partial charge in [0, 0.05) is 5.69 Å². The number of nitrogens with zero attached hydrogens (tertiary/aromatic N) is 1. The van der Waals surface area contributed by atoms with Gasteiger partial charge in [-0.2, -0.15) is 5.26 Å². The second kappa shape index (κ2) is 10.6. The fourth-order valence-electron chi connectivity index (χ4n) is 3.48. The number of rotatable bonds is 7. The van der Waals surface area contributed by atoms with Gasteiger partial charge in [0.15, 0.2) is 11.5 Å². The lowest BCUT2D eigenvalue weighted by Crippen LogP contribution is -2.13.